The maximum absolute atomic E-state index is 13.4. The number of likely N-dealkylation sites (tertiary alicyclic amines) is 1. The number of benzene rings is 1. The molecule has 1 aliphatic heterocycles. The van der Waals surface area contributed by atoms with Crippen molar-refractivity contribution in [1.82, 2.24) is 19.4 Å². The van der Waals surface area contributed by atoms with E-state index in [0.717, 1.165) is 53.8 Å². The van der Waals surface area contributed by atoms with Gasteiger partial charge in [-0.3, -0.25) is 9.69 Å². The molecule has 0 aliphatic carbocycles. The predicted octanol–water partition coefficient (Wildman–Crippen LogP) is 3.95. The fourth-order valence-electron chi connectivity index (χ4n) is 4.09. The van der Waals surface area contributed by atoms with Gasteiger partial charge in [-0.1, -0.05) is 12.1 Å². The fourth-order valence-corrected chi connectivity index (χ4v) is 4.09. The Morgan fingerprint density at radius 1 is 1.20 bits per heavy atom. The number of imidazole rings is 1. The second kappa shape index (κ2) is 8.52. The van der Waals surface area contributed by atoms with E-state index in [0.29, 0.717) is 12.4 Å². The number of aromatic nitrogens is 3. The summed E-state index contributed by atoms with van der Waals surface area (Å²) in [6.07, 6.45) is 4.47. The summed E-state index contributed by atoms with van der Waals surface area (Å²) >= 11 is 0. The average Bonchev–Trinajstić information content (AvgIpc) is 3.06. The van der Waals surface area contributed by atoms with E-state index in [1.54, 1.807) is 13.1 Å². The molecule has 6 nitrogen and oxygen atoms in total. The van der Waals surface area contributed by atoms with Gasteiger partial charge in [-0.05, 0) is 63.2 Å². The number of piperidine rings is 1. The number of hydrogen-bond acceptors (Lipinski definition) is 4. The Kier molecular flexibility index (Phi) is 5.81. The lowest BCUT2D eigenvalue weighted by Crippen LogP contribution is -2.40. The van der Waals surface area contributed by atoms with Crippen LogP contribution in [0.15, 0.2) is 36.7 Å². The molecule has 1 aromatic carbocycles. The number of anilines is 1. The quantitative estimate of drug-likeness (QED) is 0.693. The zero-order chi connectivity index (χ0) is 21.3. The Labute approximate surface area is 176 Å². The molecule has 158 valence electrons. The maximum Gasteiger partial charge on any atom is 0.239 e. The molecule has 3 aromatic rings. The Hall–Kier alpha value is -2.80. The molecule has 7 heteroatoms. The molecular formula is C23H28FN5O. The number of halogens is 1. The van der Waals surface area contributed by atoms with Gasteiger partial charge >= 0.3 is 0 Å². The third-order valence-corrected chi connectivity index (χ3v) is 6.15. The molecule has 1 atom stereocenters. The molecule has 0 bridgehead atoms. The number of nitrogens with one attached hydrogen (secondary N) is 1. The van der Waals surface area contributed by atoms with Crippen molar-refractivity contribution in [3.05, 3.63) is 42.5 Å². The standard InChI is InChI=1S/C23H28FN5O/c1-15(24)17-6-8-29(9-7-17)14-23(30)27-22-11-20-10-18(4-5-19(20)12-26-22)21-13-25-16(2)28(21)3/h4-5,10-13,15,17H,6-9,14H2,1-3H3,(H,26,27,30). The first-order valence-corrected chi connectivity index (χ1v) is 10.5. The molecular weight excluding hydrogens is 381 g/mol. The van der Waals surface area contributed by atoms with Gasteiger partial charge in [0.25, 0.3) is 0 Å². The van der Waals surface area contributed by atoms with Gasteiger partial charge in [0.2, 0.25) is 5.91 Å². The Morgan fingerprint density at radius 2 is 1.97 bits per heavy atom. The summed E-state index contributed by atoms with van der Waals surface area (Å²) in [6, 6.07) is 8.07. The molecule has 1 amide bonds. The molecule has 1 saturated heterocycles. The molecule has 30 heavy (non-hydrogen) atoms. The number of fused-ring (bicyclic) bond motifs is 1. The van der Waals surface area contributed by atoms with Crippen LogP contribution >= 0.6 is 0 Å². The summed E-state index contributed by atoms with van der Waals surface area (Å²) in [7, 11) is 2.00. The summed E-state index contributed by atoms with van der Waals surface area (Å²) in [5.74, 6) is 1.52. The van der Waals surface area contributed by atoms with E-state index in [1.165, 1.54) is 0 Å². The predicted molar refractivity (Wildman–Crippen MR) is 117 cm³/mol. The average molecular weight is 410 g/mol. The summed E-state index contributed by atoms with van der Waals surface area (Å²) in [4.78, 5) is 23.3. The number of pyridine rings is 1. The minimum atomic E-state index is -0.775. The van der Waals surface area contributed by atoms with E-state index in [4.69, 9.17) is 0 Å². The third kappa shape index (κ3) is 4.36. The van der Waals surface area contributed by atoms with Crippen LogP contribution in [0.25, 0.3) is 22.0 Å². The molecule has 1 N–H and O–H groups in total. The Bertz CT molecular complexity index is 1050. The van der Waals surface area contributed by atoms with Gasteiger partial charge in [-0.2, -0.15) is 0 Å². The highest BCUT2D eigenvalue weighted by Crippen LogP contribution is 2.26. The summed E-state index contributed by atoms with van der Waals surface area (Å²) in [5, 5.41) is 4.93. The van der Waals surface area contributed by atoms with Crippen LogP contribution in [-0.2, 0) is 11.8 Å². The van der Waals surface area contributed by atoms with Gasteiger partial charge in [0.15, 0.2) is 0 Å². The molecule has 0 saturated carbocycles. The summed E-state index contributed by atoms with van der Waals surface area (Å²) in [5.41, 5.74) is 2.11. The number of aryl methyl sites for hydroxylation is 1. The summed E-state index contributed by atoms with van der Waals surface area (Å²) in [6.45, 7) is 5.42. The molecule has 3 heterocycles. The largest absolute Gasteiger partial charge is 0.331 e. The number of nitrogens with zero attached hydrogens (tertiary/aromatic N) is 4. The first-order valence-electron chi connectivity index (χ1n) is 10.5. The van der Waals surface area contributed by atoms with Crippen molar-refractivity contribution in [1.29, 1.82) is 0 Å². The van der Waals surface area contributed by atoms with Gasteiger partial charge in [-0.25, -0.2) is 14.4 Å². The molecule has 1 aliphatic rings. The number of carbonyl (C=O) groups is 1. The Balaban J connectivity index is 1.44. The lowest BCUT2D eigenvalue weighted by Gasteiger charge is -2.31. The Morgan fingerprint density at radius 3 is 2.63 bits per heavy atom. The molecule has 0 radical (unpaired) electrons. The number of carbonyl (C=O) groups excluding carboxylic acids is 1. The lowest BCUT2D eigenvalue weighted by molar-refractivity contribution is -0.117. The minimum Gasteiger partial charge on any atom is -0.331 e. The van der Waals surface area contributed by atoms with Crippen molar-refractivity contribution in [3.8, 4) is 11.3 Å². The lowest BCUT2D eigenvalue weighted by atomic mass is 9.93. The van der Waals surface area contributed by atoms with E-state index in [2.05, 4.69) is 36.9 Å². The van der Waals surface area contributed by atoms with Crippen molar-refractivity contribution in [2.75, 3.05) is 25.0 Å². The van der Waals surface area contributed by atoms with E-state index < -0.39 is 6.17 Å². The van der Waals surface area contributed by atoms with Crippen molar-refractivity contribution in [2.45, 2.75) is 32.9 Å². The number of amides is 1. The normalized spacial score (nSPS) is 16.7. The van der Waals surface area contributed by atoms with Gasteiger partial charge in [-0.15, -0.1) is 0 Å². The van der Waals surface area contributed by atoms with Crippen LogP contribution in [-0.4, -0.2) is 51.1 Å². The first-order chi connectivity index (χ1) is 14.4. The van der Waals surface area contributed by atoms with Gasteiger partial charge in [0, 0.05) is 24.2 Å². The first kappa shape index (κ1) is 20.5. The fraction of sp³-hybridized carbons (Fsp3) is 0.435. The number of rotatable bonds is 5. The smallest absolute Gasteiger partial charge is 0.239 e. The SMILES string of the molecule is Cc1ncc(-c2ccc3cnc(NC(=O)CN4CCC(C(C)F)CC4)cc3c2)n1C. The van der Waals surface area contributed by atoms with E-state index in [9.17, 15) is 9.18 Å². The molecule has 2 aromatic heterocycles. The van der Waals surface area contributed by atoms with Gasteiger partial charge in [0.05, 0.1) is 18.4 Å². The molecule has 4 rings (SSSR count). The van der Waals surface area contributed by atoms with E-state index in [1.807, 2.05) is 32.3 Å². The zero-order valence-corrected chi connectivity index (χ0v) is 17.7. The molecule has 1 fully saturated rings. The second-order valence-electron chi connectivity index (χ2n) is 8.22. The van der Waals surface area contributed by atoms with Crippen LogP contribution in [0.5, 0.6) is 0 Å². The van der Waals surface area contributed by atoms with Crippen molar-refractivity contribution in [3.63, 3.8) is 0 Å². The number of hydrogen-bond donors (Lipinski definition) is 1. The van der Waals surface area contributed by atoms with Crippen molar-refractivity contribution >= 4 is 22.5 Å². The van der Waals surface area contributed by atoms with Crippen LogP contribution in [0.1, 0.15) is 25.6 Å². The zero-order valence-electron chi connectivity index (χ0n) is 17.7. The van der Waals surface area contributed by atoms with E-state index >= 15 is 0 Å². The molecule has 1 unspecified atom stereocenters. The third-order valence-electron chi connectivity index (χ3n) is 6.15. The number of alkyl halides is 1. The maximum atomic E-state index is 13.4. The minimum absolute atomic E-state index is 0.0907. The van der Waals surface area contributed by atoms with Crippen LogP contribution in [0.3, 0.4) is 0 Å². The highest BCUT2D eigenvalue weighted by molar-refractivity contribution is 5.94. The topological polar surface area (TPSA) is 63.1 Å². The highest BCUT2D eigenvalue weighted by atomic mass is 19.1. The summed E-state index contributed by atoms with van der Waals surface area (Å²) < 4.78 is 15.5. The van der Waals surface area contributed by atoms with Crippen LogP contribution in [0.4, 0.5) is 10.2 Å². The van der Waals surface area contributed by atoms with Crippen molar-refractivity contribution < 1.29 is 9.18 Å². The van der Waals surface area contributed by atoms with Crippen LogP contribution in [0.2, 0.25) is 0 Å². The molecule has 0 spiro atoms. The monoisotopic (exact) mass is 409 g/mol. The van der Waals surface area contributed by atoms with E-state index in [-0.39, 0.29) is 11.8 Å². The van der Waals surface area contributed by atoms with Crippen molar-refractivity contribution in [2.24, 2.45) is 13.0 Å². The van der Waals surface area contributed by atoms with Gasteiger partial charge in [0.1, 0.15) is 17.8 Å². The van der Waals surface area contributed by atoms with Crippen LogP contribution in [0, 0.1) is 12.8 Å². The van der Waals surface area contributed by atoms with Gasteiger partial charge < -0.3 is 9.88 Å². The van der Waals surface area contributed by atoms with Crippen LogP contribution < -0.4 is 5.32 Å². The second-order valence-corrected chi connectivity index (χ2v) is 8.22. The highest BCUT2D eigenvalue weighted by Gasteiger charge is 2.24.